The lowest BCUT2D eigenvalue weighted by molar-refractivity contribution is 0.507. The van der Waals surface area contributed by atoms with Gasteiger partial charge in [-0.15, -0.1) is 0 Å². The molecule has 0 saturated heterocycles. The Bertz CT molecular complexity index is 458. The van der Waals surface area contributed by atoms with Crippen molar-refractivity contribution in [3.63, 3.8) is 0 Å². The normalized spacial score (nSPS) is 18.7. The Balaban J connectivity index is 2.21. The van der Waals surface area contributed by atoms with Crippen LogP contribution in [0.3, 0.4) is 0 Å². The van der Waals surface area contributed by atoms with Gasteiger partial charge in [0.05, 0.1) is 21.3 Å². The van der Waals surface area contributed by atoms with Gasteiger partial charge in [0.1, 0.15) is 0 Å². The Hall–Kier alpha value is -0.380. The van der Waals surface area contributed by atoms with E-state index >= 15 is 0 Å². The summed E-state index contributed by atoms with van der Waals surface area (Å²) in [6.45, 7) is 4.27. The second kappa shape index (κ2) is 5.09. The molecule has 92 valence electrons. The summed E-state index contributed by atoms with van der Waals surface area (Å²) in [7, 11) is 0. The molecule has 0 unspecified atom stereocenters. The van der Waals surface area contributed by atoms with Crippen molar-refractivity contribution in [2.24, 2.45) is 4.99 Å². The molecule has 2 rings (SSSR count). The third-order valence-electron chi connectivity index (χ3n) is 2.55. The molecular formula is C12H14Cl2N2S. The van der Waals surface area contributed by atoms with Gasteiger partial charge in [-0.1, -0.05) is 41.0 Å². The Morgan fingerprint density at radius 2 is 2.12 bits per heavy atom. The minimum absolute atomic E-state index is 0.00135. The van der Waals surface area contributed by atoms with Crippen LogP contribution in [0.5, 0.6) is 0 Å². The van der Waals surface area contributed by atoms with E-state index in [1.165, 1.54) is 0 Å². The van der Waals surface area contributed by atoms with Crippen molar-refractivity contribution in [1.82, 2.24) is 0 Å². The van der Waals surface area contributed by atoms with Gasteiger partial charge in [-0.3, -0.25) is 4.99 Å². The van der Waals surface area contributed by atoms with Gasteiger partial charge in [-0.25, -0.2) is 0 Å². The predicted molar refractivity (Wildman–Crippen MR) is 78.7 cm³/mol. The van der Waals surface area contributed by atoms with Gasteiger partial charge in [0.25, 0.3) is 0 Å². The molecule has 1 aliphatic rings. The average Bonchev–Trinajstić information content (AvgIpc) is 2.23. The summed E-state index contributed by atoms with van der Waals surface area (Å²) < 4.78 is 0. The molecule has 0 saturated carbocycles. The van der Waals surface area contributed by atoms with Crippen LogP contribution in [0.2, 0.25) is 10.0 Å². The van der Waals surface area contributed by atoms with E-state index in [9.17, 15) is 0 Å². The van der Waals surface area contributed by atoms with Crippen molar-refractivity contribution in [3.8, 4) is 0 Å². The lowest BCUT2D eigenvalue weighted by Gasteiger charge is -2.26. The van der Waals surface area contributed by atoms with Crippen molar-refractivity contribution in [3.05, 3.63) is 28.2 Å². The summed E-state index contributed by atoms with van der Waals surface area (Å²) in [6.07, 6.45) is 1.09. The van der Waals surface area contributed by atoms with E-state index in [4.69, 9.17) is 23.2 Å². The molecule has 0 radical (unpaired) electrons. The maximum atomic E-state index is 6.12. The van der Waals surface area contributed by atoms with Crippen molar-refractivity contribution >= 4 is 45.8 Å². The summed E-state index contributed by atoms with van der Waals surface area (Å²) in [5.74, 6) is 1.07. The first-order chi connectivity index (χ1) is 7.98. The number of aliphatic imine (C=N–C) groups is 1. The van der Waals surface area contributed by atoms with Crippen molar-refractivity contribution in [2.45, 2.75) is 25.8 Å². The fraction of sp³-hybridized carbons (Fsp3) is 0.417. The quantitative estimate of drug-likeness (QED) is 0.812. The zero-order valence-electron chi connectivity index (χ0n) is 9.76. The minimum Gasteiger partial charge on any atom is -0.334 e. The molecule has 0 spiro atoms. The van der Waals surface area contributed by atoms with Crippen LogP contribution < -0.4 is 5.32 Å². The molecule has 1 aromatic carbocycles. The van der Waals surface area contributed by atoms with Gasteiger partial charge in [0.2, 0.25) is 0 Å². The Morgan fingerprint density at radius 1 is 1.35 bits per heavy atom. The maximum Gasteiger partial charge on any atom is 0.161 e. The maximum absolute atomic E-state index is 6.12. The number of halogens is 2. The third-order valence-corrected chi connectivity index (χ3v) is 4.24. The second-order valence-electron chi connectivity index (χ2n) is 4.55. The first kappa shape index (κ1) is 13.1. The molecule has 5 heteroatoms. The van der Waals surface area contributed by atoms with Gasteiger partial charge < -0.3 is 5.32 Å². The number of hydrogen-bond donors (Lipinski definition) is 1. The number of thioether (sulfide) groups is 1. The first-order valence-electron chi connectivity index (χ1n) is 5.42. The van der Waals surface area contributed by atoms with Crippen molar-refractivity contribution in [1.29, 1.82) is 0 Å². The molecule has 1 heterocycles. The summed E-state index contributed by atoms with van der Waals surface area (Å²) in [5, 5.41) is 5.25. The predicted octanol–water partition coefficient (Wildman–Crippen LogP) is 4.68. The van der Waals surface area contributed by atoms with E-state index < -0.39 is 0 Å². The van der Waals surface area contributed by atoms with E-state index in [2.05, 4.69) is 24.2 Å². The van der Waals surface area contributed by atoms with E-state index in [1.807, 2.05) is 12.1 Å². The molecule has 0 bridgehead atoms. The number of benzene rings is 1. The first-order valence-corrected chi connectivity index (χ1v) is 7.16. The van der Waals surface area contributed by atoms with Gasteiger partial charge >= 0.3 is 0 Å². The summed E-state index contributed by atoms with van der Waals surface area (Å²) >= 11 is 13.8. The molecule has 0 aliphatic carbocycles. The highest BCUT2D eigenvalue weighted by molar-refractivity contribution is 8.14. The van der Waals surface area contributed by atoms with Crippen LogP contribution in [0.1, 0.15) is 20.3 Å². The molecule has 17 heavy (non-hydrogen) atoms. The number of anilines is 1. The zero-order valence-corrected chi connectivity index (χ0v) is 12.1. The molecule has 0 aromatic heterocycles. The second-order valence-corrected chi connectivity index (χ2v) is 6.42. The van der Waals surface area contributed by atoms with Gasteiger partial charge in [0.15, 0.2) is 5.17 Å². The SMILES string of the molecule is CC1(C)CCSC(Nc2cccc(Cl)c2Cl)=N1. The van der Waals surface area contributed by atoms with Gasteiger partial charge in [0, 0.05) is 5.75 Å². The lowest BCUT2D eigenvalue weighted by Crippen LogP contribution is -2.27. The highest BCUT2D eigenvalue weighted by Gasteiger charge is 2.22. The van der Waals surface area contributed by atoms with Crippen molar-refractivity contribution < 1.29 is 0 Å². The lowest BCUT2D eigenvalue weighted by atomic mass is 10.0. The topological polar surface area (TPSA) is 24.4 Å². The van der Waals surface area contributed by atoms with Gasteiger partial charge in [-0.05, 0) is 32.4 Å². The van der Waals surface area contributed by atoms with E-state index in [0.717, 1.165) is 23.0 Å². The zero-order chi connectivity index (χ0) is 12.5. The summed E-state index contributed by atoms with van der Waals surface area (Å²) in [5.41, 5.74) is 0.807. The average molecular weight is 289 g/mol. The van der Waals surface area contributed by atoms with Gasteiger partial charge in [-0.2, -0.15) is 0 Å². The fourth-order valence-electron chi connectivity index (χ4n) is 1.54. The fourth-order valence-corrected chi connectivity index (χ4v) is 3.18. The summed E-state index contributed by atoms with van der Waals surface area (Å²) in [4.78, 5) is 4.65. The highest BCUT2D eigenvalue weighted by Crippen LogP contribution is 2.32. The van der Waals surface area contributed by atoms with Crippen molar-refractivity contribution in [2.75, 3.05) is 11.1 Å². The third kappa shape index (κ3) is 3.30. The Kier molecular flexibility index (Phi) is 3.91. The molecule has 1 aromatic rings. The number of hydrogen-bond acceptors (Lipinski definition) is 3. The smallest absolute Gasteiger partial charge is 0.161 e. The molecule has 2 nitrogen and oxygen atoms in total. The van der Waals surface area contributed by atoms with E-state index in [0.29, 0.717) is 10.0 Å². The van der Waals surface area contributed by atoms with E-state index in [-0.39, 0.29) is 5.54 Å². The molecule has 0 amide bonds. The molecule has 1 N–H and O–H groups in total. The monoisotopic (exact) mass is 288 g/mol. The molecule has 1 aliphatic heterocycles. The van der Waals surface area contributed by atoms with E-state index in [1.54, 1.807) is 17.8 Å². The number of nitrogens with one attached hydrogen (secondary N) is 1. The van der Waals surface area contributed by atoms with Crippen LogP contribution in [-0.2, 0) is 0 Å². The van der Waals surface area contributed by atoms with Crippen LogP contribution >= 0.6 is 35.0 Å². The molecule has 0 fully saturated rings. The number of amidine groups is 1. The number of rotatable bonds is 1. The Labute approximate surface area is 116 Å². The van der Waals surface area contributed by atoms with Crippen LogP contribution in [-0.4, -0.2) is 16.5 Å². The van der Waals surface area contributed by atoms with Crippen LogP contribution in [0.25, 0.3) is 0 Å². The summed E-state index contributed by atoms with van der Waals surface area (Å²) in [6, 6.07) is 5.55. The largest absolute Gasteiger partial charge is 0.334 e. The minimum atomic E-state index is -0.00135. The molecular weight excluding hydrogens is 275 g/mol. The Morgan fingerprint density at radius 3 is 2.82 bits per heavy atom. The van der Waals surface area contributed by atoms with Crippen LogP contribution in [0.4, 0.5) is 5.69 Å². The van der Waals surface area contributed by atoms with Crippen LogP contribution in [0.15, 0.2) is 23.2 Å². The standard InChI is InChI=1S/C12H14Cl2N2S/c1-12(2)6-7-17-11(16-12)15-9-5-3-4-8(13)10(9)14/h3-5H,6-7H2,1-2H3,(H,15,16). The number of nitrogens with zero attached hydrogens (tertiary/aromatic N) is 1. The van der Waals surface area contributed by atoms with Crippen LogP contribution in [0, 0.1) is 0 Å². The molecule has 0 atom stereocenters. The highest BCUT2D eigenvalue weighted by atomic mass is 35.5.